The van der Waals surface area contributed by atoms with Gasteiger partial charge in [0.15, 0.2) is 0 Å². The van der Waals surface area contributed by atoms with Crippen molar-refractivity contribution in [1.29, 1.82) is 0 Å². The van der Waals surface area contributed by atoms with Crippen LogP contribution in [0.2, 0.25) is 0 Å². The van der Waals surface area contributed by atoms with Crippen LogP contribution >= 0.6 is 0 Å². The molecule has 0 saturated carbocycles. The molecule has 0 aliphatic rings. The molecule has 0 saturated heterocycles. The molecule has 0 spiro atoms. The summed E-state index contributed by atoms with van der Waals surface area (Å²) in [5.74, 6) is 0. The number of rotatable bonds is 4. The van der Waals surface area contributed by atoms with Gasteiger partial charge < -0.3 is 4.79 Å². The van der Waals surface area contributed by atoms with Crippen molar-refractivity contribution in [3.05, 3.63) is 65.5 Å². The van der Waals surface area contributed by atoms with Gasteiger partial charge in [-0.3, -0.25) is 4.98 Å². The van der Waals surface area contributed by atoms with E-state index in [0.29, 0.717) is 6.42 Å². The van der Waals surface area contributed by atoms with Crippen LogP contribution in [-0.2, 0) is 16.6 Å². The van der Waals surface area contributed by atoms with Crippen LogP contribution in [0.4, 0.5) is 0 Å². The van der Waals surface area contributed by atoms with Gasteiger partial charge in [-0.05, 0) is 37.1 Å². The van der Waals surface area contributed by atoms with E-state index in [1.54, 1.807) is 6.20 Å². The number of aldehydes is 1. The van der Waals surface area contributed by atoms with Crippen LogP contribution in [0.25, 0.3) is 0 Å². The van der Waals surface area contributed by atoms with Gasteiger partial charge in [-0.1, -0.05) is 30.3 Å². The third-order valence-corrected chi connectivity index (χ3v) is 3.29. The van der Waals surface area contributed by atoms with Crippen molar-refractivity contribution in [1.82, 2.24) is 4.98 Å². The quantitative estimate of drug-likeness (QED) is 0.767. The van der Waals surface area contributed by atoms with Crippen LogP contribution in [0.3, 0.4) is 0 Å². The second-order valence-electron chi connectivity index (χ2n) is 4.85. The number of aromatic nitrogens is 1. The molecule has 18 heavy (non-hydrogen) atoms. The third kappa shape index (κ3) is 2.48. The second-order valence-corrected chi connectivity index (χ2v) is 4.85. The Balaban J connectivity index is 2.37. The summed E-state index contributed by atoms with van der Waals surface area (Å²) in [5, 5.41) is 0. The van der Waals surface area contributed by atoms with Crippen molar-refractivity contribution in [2.45, 2.75) is 25.7 Å². The number of hydrogen-bond acceptors (Lipinski definition) is 2. The van der Waals surface area contributed by atoms with Crippen molar-refractivity contribution in [2.24, 2.45) is 0 Å². The summed E-state index contributed by atoms with van der Waals surface area (Å²) in [5.41, 5.74) is 2.64. The maximum Gasteiger partial charge on any atom is 0.130 e. The van der Waals surface area contributed by atoms with Gasteiger partial charge in [-0.2, -0.15) is 0 Å². The molecule has 1 heterocycles. The topological polar surface area (TPSA) is 30.0 Å². The Bertz CT molecular complexity index is 536. The Labute approximate surface area is 108 Å². The molecule has 2 aromatic rings. The zero-order valence-electron chi connectivity index (χ0n) is 10.8. The molecule has 0 aliphatic carbocycles. The molecular weight excluding hydrogens is 222 g/mol. The lowest BCUT2D eigenvalue weighted by molar-refractivity contribution is -0.112. The standard InChI is InChI=1S/C16H17NO/c1-13-7-3-4-9-15(13)16(2,12-18)11-14-8-5-6-10-17-14/h3-10,12H,11H2,1-2H3. The number of aryl methyl sites for hydroxylation is 1. The molecular formula is C16H17NO. The van der Waals surface area contributed by atoms with Gasteiger partial charge in [0.1, 0.15) is 6.29 Å². The van der Waals surface area contributed by atoms with E-state index >= 15 is 0 Å². The first kappa shape index (κ1) is 12.5. The highest BCUT2D eigenvalue weighted by atomic mass is 16.1. The minimum absolute atomic E-state index is 0.514. The van der Waals surface area contributed by atoms with Crippen molar-refractivity contribution in [2.75, 3.05) is 0 Å². The molecule has 1 unspecified atom stereocenters. The lowest BCUT2D eigenvalue weighted by Gasteiger charge is -2.25. The van der Waals surface area contributed by atoms with E-state index in [4.69, 9.17) is 0 Å². The van der Waals surface area contributed by atoms with E-state index < -0.39 is 5.41 Å². The number of benzene rings is 1. The average molecular weight is 239 g/mol. The van der Waals surface area contributed by atoms with E-state index in [1.807, 2.05) is 56.3 Å². The molecule has 2 heteroatoms. The normalized spacial score (nSPS) is 13.9. The Morgan fingerprint density at radius 1 is 1.17 bits per heavy atom. The molecule has 0 N–H and O–H groups in total. The monoisotopic (exact) mass is 239 g/mol. The van der Waals surface area contributed by atoms with Gasteiger partial charge in [0.05, 0.1) is 5.41 Å². The van der Waals surface area contributed by atoms with E-state index in [2.05, 4.69) is 4.98 Å². The van der Waals surface area contributed by atoms with Crippen molar-refractivity contribution >= 4 is 6.29 Å². The number of carbonyl (C=O) groups excluding carboxylic acids is 1. The van der Waals surface area contributed by atoms with Crippen LogP contribution in [-0.4, -0.2) is 11.3 Å². The van der Waals surface area contributed by atoms with E-state index in [-0.39, 0.29) is 0 Å². The van der Waals surface area contributed by atoms with Gasteiger partial charge in [0.25, 0.3) is 0 Å². The summed E-state index contributed by atoms with van der Waals surface area (Å²) in [4.78, 5) is 15.9. The number of nitrogens with zero attached hydrogens (tertiary/aromatic N) is 1. The fourth-order valence-electron chi connectivity index (χ4n) is 2.29. The maximum absolute atomic E-state index is 11.6. The molecule has 0 bridgehead atoms. The molecule has 0 aliphatic heterocycles. The minimum atomic E-state index is -0.514. The number of carbonyl (C=O) groups is 1. The lowest BCUT2D eigenvalue weighted by Crippen LogP contribution is -2.28. The third-order valence-electron chi connectivity index (χ3n) is 3.29. The zero-order valence-corrected chi connectivity index (χ0v) is 10.8. The number of pyridine rings is 1. The highest BCUT2D eigenvalue weighted by molar-refractivity contribution is 5.69. The molecule has 2 nitrogen and oxygen atoms in total. The largest absolute Gasteiger partial charge is 0.302 e. The van der Waals surface area contributed by atoms with Crippen LogP contribution in [0.15, 0.2) is 48.7 Å². The Kier molecular flexibility index (Phi) is 3.56. The zero-order chi connectivity index (χ0) is 13.0. The van der Waals surface area contributed by atoms with Gasteiger partial charge in [0.2, 0.25) is 0 Å². The summed E-state index contributed by atoms with van der Waals surface area (Å²) in [6.45, 7) is 4.01. The van der Waals surface area contributed by atoms with Crippen LogP contribution in [0.1, 0.15) is 23.7 Å². The summed E-state index contributed by atoms with van der Waals surface area (Å²) >= 11 is 0. The summed E-state index contributed by atoms with van der Waals surface area (Å²) in [7, 11) is 0. The molecule has 1 aromatic carbocycles. The molecule has 1 aromatic heterocycles. The predicted molar refractivity (Wildman–Crippen MR) is 72.5 cm³/mol. The summed E-state index contributed by atoms with van der Waals surface area (Å²) < 4.78 is 0. The molecule has 2 rings (SSSR count). The Morgan fingerprint density at radius 3 is 2.50 bits per heavy atom. The molecule has 1 atom stereocenters. The predicted octanol–water partition coefficient (Wildman–Crippen LogP) is 3.09. The molecule has 0 amide bonds. The molecule has 92 valence electrons. The first-order valence-corrected chi connectivity index (χ1v) is 6.08. The number of hydrogen-bond donors (Lipinski definition) is 0. The highest BCUT2D eigenvalue weighted by Gasteiger charge is 2.28. The second kappa shape index (κ2) is 5.13. The smallest absolute Gasteiger partial charge is 0.130 e. The van der Waals surface area contributed by atoms with Crippen LogP contribution < -0.4 is 0 Å². The van der Waals surface area contributed by atoms with Gasteiger partial charge in [-0.25, -0.2) is 0 Å². The SMILES string of the molecule is Cc1ccccc1C(C)(C=O)Cc1ccccn1. The fraction of sp³-hybridized carbons (Fsp3) is 0.250. The fourth-order valence-corrected chi connectivity index (χ4v) is 2.29. The van der Waals surface area contributed by atoms with E-state index in [0.717, 1.165) is 23.1 Å². The maximum atomic E-state index is 11.6. The highest BCUT2D eigenvalue weighted by Crippen LogP contribution is 2.28. The summed E-state index contributed by atoms with van der Waals surface area (Å²) in [6, 6.07) is 13.8. The van der Waals surface area contributed by atoms with Gasteiger partial charge in [-0.15, -0.1) is 0 Å². The minimum Gasteiger partial charge on any atom is -0.302 e. The average Bonchev–Trinajstić information content (AvgIpc) is 2.40. The van der Waals surface area contributed by atoms with Crippen molar-refractivity contribution < 1.29 is 4.79 Å². The first-order valence-electron chi connectivity index (χ1n) is 6.08. The van der Waals surface area contributed by atoms with Gasteiger partial charge in [0, 0.05) is 18.3 Å². The van der Waals surface area contributed by atoms with Crippen LogP contribution in [0, 0.1) is 6.92 Å². The van der Waals surface area contributed by atoms with E-state index in [1.165, 1.54) is 0 Å². The Hall–Kier alpha value is -1.96. The van der Waals surface area contributed by atoms with E-state index in [9.17, 15) is 4.79 Å². The van der Waals surface area contributed by atoms with Crippen molar-refractivity contribution in [3.8, 4) is 0 Å². The summed E-state index contributed by atoms with van der Waals surface area (Å²) in [6.07, 6.45) is 3.42. The Morgan fingerprint density at radius 2 is 1.89 bits per heavy atom. The molecule has 0 fully saturated rings. The molecule has 0 radical (unpaired) electrons. The van der Waals surface area contributed by atoms with Crippen molar-refractivity contribution in [3.63, 3.8) is 0 Å². The lowest BCUT2D eigenvalue weighted by atomic mass is 9.78. The van der Waals surface area contributed by atoms with Crippen LogP contribution in [0.5, 0.6) is 0 Å². The first-order chi connectivity index (χ1) is 8.65. The van der Waals surface area contributed by atoms with Gasteiger partial charge >= 0.3 is 0 Å².